The average Bonchev–Trinajstić information content (AvgIpc) is 2.91. The van der Waals surface area contributed by atoms with Gasteiger partial charge in [0.05, 0.1) is 12.8 Å². The van der Waals surface area contributed by atoms with Crippen LogP contribution in [0.15, 0.2) is 90.5 Å². The van der Waals surface area contributed by atoms with Crippen molar-refractivity contribution in [2.75, 3.05) is 12.0 Å². The summed E-state index contributed by atoms with van der Waals surface area (Å²) in [7, 11) is 1.52. The minimum absolute atomic E-state index is 0.183. The van der Waals surface area contributed by atoms with E-state index in [0.29, 0.717) is 34.4 Å². The van der Waals surface area contributed by atoms with Gasteiger partial charge < -0.3 is 9.47 Å². The van der Waals surface area contributed by atoms with Crippen LogP contribution >= 0.6 is 11.6 Å². The number of benzene rings is 4. The van der Waals surface area contributed by atoms with E-state index >= 15 is 0 Å². The normalized spacial score (nSPS) is 14.7. The molecule has 1 fully saturated rings. The summed E-state index contributed by atoms with van der Waals surface area (Å²) in [4.78, 5) is 39.7. The van der Waals surface area contributed by atoms with E-state index in [9.17, 15) is 14.4 Å². The first-order valence-corrected chi connectivity index (χ1v) is 11.8. The fourth-order valence-electron chi connectivity index (χ4n) is 4.08. The number of imide groups is 2. The molecule has 1 N–H and O–H groups in total. The van der Waals surface area contributed by atoms with Crippen molar-refractivity contribution in [3.8, 4) is 11.5 Å². The maximum atomic E-state index is 13.4. The van der Waals surface area contributed by atoms with Crippen molar-refractivity contribution in [2.45, 2.75) is 6.61 Å². The molecule has 4 aromatic carbocycles. The number of barbiturate groups is 1. The lowest BCUT2D eigenvalue weighted by Gasteiger charge is -2.26. The van der Waals surface area contributed by atoms with Crippen LogP contribution in [0, 0.1) is 0 Å². The maximum absolute atomic E-state index is 13.4. The number of urea groups is 1. The molecule has 5 rings (SSSR count). The van der Waals surface area contributed by atoms with E-state index < -0.39 is 17.8 Å². The Bertz CT molecular complexity index is 1550. The molecule has 37 heavy (non-hydrogen) atoms. The van der Waals surface area contributed by atoms with Crippen LogP contribution in [-0.4, -0.2) is 25.0 Å². The number of nitrogens with one attached hydrogen (secondary N) is 1. The largest absolute Gasteiger partial charge is 0.496 e. The van der Waals surface area contributed by atoms with Crippen LogP contribution in [-0.2, 0) is 16.2 Å². The molecule has 0 bridgehead atoms. The number of carbonyl (C=O) groups is 3. The van der Waals surface area contributed by atoms with E-state index in [-0.39, 0.29) is 5.57 Å². The number of amides is 4. The van der Waals surface area contributed by atoms with Crippen LogP contribution in [0.5, 0.6) is 11.5 Å². The lowest BCUT2D eigenvalue weighted by Crippen LogP contribution is -2.54. The molecule has 4 aromatic rings. The zero-order valence-electron chi connectivity index (χ0n) is 19.7. The van der Waals surface area contributed by atoms with Crippen LogP contribution in [0.2, 0.25) is 5.02 Å². The van der Waals surface area contributed by atoms with Gasteiger partial charge >= 0.3 is 6.03 Å². The lowest BCUT2D eigenvalue weighted by atomic mass is 9.99. The second-order valence-corrected chi connectivity index (χ2v) is 8.71. The topological polar surface area (TPSA) is 84.9 Å². The van der Waals surface area contributed by atoms with Crippen molar-refractivity contribution in [3.05, 3.63) is 107 Å². The molecule has 0 saturated carbocycles. The SMILES string of the molecule is COc1ccc2ccccc2c1/C=C1\C(=O)NC(=O)N(c2ccc(OCc3ccc(Cl)cc3)cc2)C1=O. The molecule has 1 aliphatic heterocycles. The van der Waals surface area contributed by atoms with Gasteiger partial charge in [0.1, 0.15) is 23.7 Å². The molecule has 1 heterocycles. The van der Waals surface area contributed by atoms with Gasteiger partial charge in [-0.05, 0) is 64.9 Å². The number of hydrogen-bond acceptors (Lipinski definition) is 5. The van der Waals surface area contributed by atoms with Gasteiger partial charge in [-0.1, -0.05) is 54.1 Å². The second-order valence-electron chi connectivity index (χ2n) is 8.27. The van der Waals surface area contributed by atoms with Crippen molar-refractivity contribution >= 4 is 52.0 Å². The van der Waals surface area contributed by atoms with Crippen LogP contribution in [0.1, 0.15) is 11.1 Å². The van der Waals surface area contributed by atoms with Gasteiger partial charge in [-0.15, -0.1) is 0 Å². The zero-order valence-corrected chi connectivity index (χ0v) is 20.5. The summed E-state index contributed by atoms with van der Waals surface area (Å²) in [5.41, 5.74) is 1.62. The third-order valence-electron chi connectivity index (χ3n) is 5.95. The number of fused-ring (bicyclic) bond motifs is 1. The quantitative estimate of drug-likeness (QED) is 0.263. The van der Waals surface area contributed by atoms with Gasteiger partial charge in [0.15, 0.2) is 0 Å². The number of methoxy groups -OCH3 is 1. The van der Waals surface area contributed by atoms with Crippen molar-refractivity contribution in [2.24, 2.45) is 0 Å². The van der Waals surface area contributed by atoms with Gasteiger partial charge in [-0.2, -0.15) is 0 Å². The minimum Gasteiger partial charge on any atom is -0.496 e. The van der Waals surface area contributed by atoms with E-state index in [1.165, 1.54) is 13.2 Å². The third-order valence-corrected chi connectivity index (χ3v) is 6.21. The van der Waals surface area contributed by atoms with Gasteiger partial charge in [0, 0.05) is 10.6 Å². The lowest BCUT2D eigenvalue weighted by molar-refractivity contribution is -0.122. The van der Waals surface area contributed by atoms with Gasteiger partial charge in [-0.3, -0.25) is 14.9 Å². The molecule has 1 aliphatic rings. The summed E-state index contributed by atoms with van der Waals surface area (Å²) in [5, 5.41) is 4.62. The Morgan fingerprint density at radius 1 is 0.892 bits per heavy atom. The Balaban J connectivity index is 1.43. The number of carbonyl (C=O) groups excluding carboxylic acids is 3. The minimum atomic E-state index is -0.827. The number of anilines is 1. The standard InChI is InChI=1S/C29H21ClN2O5/c1-36-26-15-8-19-4-2-3-5-23(19)24(26)16-25-27(33)31-29(35)32(28(25)34)21-11-13-22(14-12-21)37-17-18-6-9-20(30)10-7-18/h2-16H,17H2,1H3,(H,31,33,35)/b25-16+. The van der Waals surface area contributed by atoms with Crippen LogP contribution in [0.4, 0.5) is 10.5 Å². The third kappa shape index (κ3) is 4.90. The summed E-state index contributed by atoms with van der Waals surface area (Å²) in [6.07, 6.45) is 1.46. The Morgan fingerprint density at radius 2 is 1.62 bits per heavy atom. The molecule has 184 valence electrons. The molecule has 4 amide bonds. The molecular formula is C29H21ClN2O5. The van der Waals surface area contributed by atoms with Gasteiger partial charge in [-0.25, -0.2) is 9.69 Å². The molecule has 1 saturated heterocycles. The molecule has 0 unspecified atom stereocenters. The van der Waals surface area contributed by atoms with Crippen LogP contribution < -0.4 is 19.7 Å². The van der Waals surface area contributed by atoms with E-state index in [0.717, 1.165) is 21.2 Å². The fourth-order valence-corrected chi connectivity index (χ4v) is 4.20. The molecule has 0 atom stereocenters. The van der Waals surface area contributed by atoms with E-state index in [2.05, 4.69) is 5.32 Å². The number of nitrogens with zero attached hydrogens (tertiary/aromatic N) is 1. The summed E-state index contributed by atoms with van der Waals surface area (Å²) in [6, 6.07) is 24.2. The molecule has 0 aromatic heterocycles. The number of halogens is 1. The Morgan fingerprint density at radius 3 is 2.35 bits per heavy atom. The smallest absolute Gasteiger partial charge is 0.335 e. The van der Waals surface area contributed by atoms with Crippen LogP contribution in [0.3, 0.4) is 0 Å². The molecule has 0 spiro atoms. The zero-order chi connectivity index (χ0) is 25.9. The predicted molar refractivity (Wildman–Crippen MR) is 142 cm³/mol. The van der Waals surface area contributed by atoms with Crippen molar-refractivity contribution in [3.63, 3.8) is 0 Å². The monoisotopic (exact) mass is 512 g/mol. The highest BCUT2D eigenvalue weighted by atomic mass is 35.5. The summed E-state index contributed by atoms with van der Waals surface area (Å²) in [5.74, 6) is -0.462. The van der Waals surface area contributed by atoms with Gasteiger partial charge in [0.2, 0.25) is 0 Å². The number of rotatable bonds is 6. The van der Waals surface area contributed by atoms with Crippen molar-refractivity contribution < 1.29 is 23.9 Å². The summed E-state index contributed by atoms with van der Waals surface area (Å²) < 4.78 is 11.3. The average molecular weight is 513 g/mol. The molecule has 0 aliphatic carbocycles. The van der Waals surface area contributed by atoms with Crippen molar-refractivity contribution in [1.29, 1.82) is 0 Å². The highest BCUT2D eigenvalue weighted by Crippen LogP contribution is 2.32. The highest BCUT2D eigenvalue weighted by molar-refractivity contribution is 6.39. The second kappa shape index (κ2) is 10.2. The van der Waals surface area contributed by atoms with E-state index in [1.807, 2.05) is 42.5 Å². The maximum Gasteiger partial charge on any atom is 0.335 e. The Labute approximate surface area is 217 Å². The Hall–Kier alpha value is -4.62. The van der Waals surface area contributed by atoms with Gasteiger partial charge in [0.25, 0.3) is 11.8 Å². The van der Waals surface area contributed by atoms with Crippen molar-refractivity contribution in [1.82, 2.24) is 5.32 Å². The molecule has 7 nitrogen and oxygen atoms in total. The molecule has 8 heteroatoms. The molecular weight excluding hydrogens is 492 g/mol. The highest BCUT2D eigenvalue weighted by Gasteiger charge is 2.37. The van der Waals surface area contributed by atoms with Crippen LogP contribution in [0.25, 0.3) is 16.8 Å². The first kappa shape index (κ1) is 24.1. The molecule has 0 radical (unpaired) electrons. The first-order chi connectivity index (χ1) is 17.9. The first-order valence-electron chi connectivity index (χ1n) is 11.4. The Kier molecular flexibility index (Phi) is 6.62. The van der Waals surface area contributed by atoms with E-state index in [1.54, 1.807) is 42.5 Å². The number of ether oxygens (including phenoxy) is 2. The fraction of sp³-hybridized carbons (Fsp3) is 0.0690. The predicted octanol–water partition coefficient (Wildman–Crippen LogP) is 5.75. The summed E-state index contributed by atoms with van der Waals surface area (Å²) in [6.45, 7) is 0.327. The summed E-state index contributed by atoms with van der Waals surface area (Å²) >= 11 is 5.91. The number of hydrogen-bond donors (Lipinski definition) is 1. The van der Waals surface area contributed by atoms with E-state index in [4.69, 9.17) is 21.1 Å².